The van der Waals surface area contributed by atoms with Gasteiger partial charge in [-0.15, -0.1) is 0 Å². The molecule has 3 heteroatoms. The molecule has 0 aliphatic heterocycles. The van der Waals surface area contributed by atoms with Crippen LogP contribution < -0.4 is 10.1 Å². The lowest BCUT2D eigenvalue weighted by atomic mass is 9.74. The van der Waals surface area contributed by atoms with Crippen molar-refractivity contribution in [1.29, 1.82) is 0 Å². The van der Waals surface area contributed by atoms with Gasteiger partial charge >= 0.3 is 0 Å². The lowest BCUT2D eigenvalue weighted by Gasteiger charge is -2.43. The summed E-state index contributed by atoms with van der Waals surface area (Å²) in [6.45, 7) is 3.14. The van der Waals surface area contributed by atoms with Crippen molar-refractivity contribution in [2.24, 2.45) is 0 Å². The van der Waals surface area contributed by atoms with E-state index in [0.717, 1.165) is 18.7 Å². The first kappa shape index (κ1) is 14.9. The summed E-state index contributed by atoms with van der Waals surface area (Å²) in [4.78, 5) is 0. The second-order valence-corrected chi connectivity index (χ2v) is 6.44. The molecule has 0 amide bonds. The highest BCUT2D eigenvalue weighted by Gasteiger charge is 2.39. The summed E-state index contributed by atoms with van der Waals surface area (Å²) in [6.07, 6.45) is 7.60. The zero-order valence-corrected chi connectivity index (χ0v) is 13.2. The largest absolute Gasteiger partial charge is 0.490 e. The van der Waals surface area contributed by atoms with Gasteiger partial charge in [-0.05, 0) is 62.8 Å². The molecule has 2 fully saturated rings. The Morgan fingerprint density at radius 3 is 2.43 bits per heavy atom. The van der Waals surface area contributed by atoms with Crippen LogP contribution in [0.1, 0.15) is 57.1 Å². The molecule has 0 saturated heterocycles. The molecule has 1 N–H and O–H groups in total. The number of benzene rings is 1. The van der Waals surface area contributed by atoms with Crippen LogP contribution in [-0.4, -0.2) is 25.4 Å². The first-order valence-corrected chi connectivity index (χ1v) is 8.30. The van der Waals surface area contributed by atoms with E-state index in [2.05, 4.69) is 36.5 Å². The average molecular weight is 289 g/mol. The Morgan fingerprint density at radius 2 is 1.95 bits per heavy atom. The molecule has 1 aromatic carbocycles. The van der Waals surface area contributed by atoms with Crippen LogP contribution in [0.2, 0.25) is 0 Å². The second-order valence-electron chi connectivity index (χ2n) is 6.44. The number of methoxy groups -OCH3 is 1. The number of nitrogens with one attached hydrogen (secondary N) is 1. The standard InChI is InChI=1S/C18H27NO2/c1-3-19-17(13-18(20-2)11-4-12-18)14-5-7-15(8-6-14)21-16-9-10-16/h5-8,16-17,19H,3-4,9-13H2,1-2H3. The van der Waals surface area contributed by atoms with Crippen LogP contribution in [0.5, 0.6) is 5.75 Å². The van der Waals surface area contributed by atoms with Crippen LogP contribution in [0.3, 0.4) is 0 Å². The summed E-state index contributed by atoms with van der Waals surface area (Å²) in [6, 6.07) is 8.99. The maximum atomic E-state index is 5.83. The maximum absolute atomic E-state index is 5.83. The number of hydrogen-bond donors (Lipinski definition) is 1. The summed E-state index contributed by atoms with van der Waals surface area (Å²) in [5, 5.41) is 3.61. The summed E-state index contributed by atoms with van der Waals surface area (Å²) in [5.41, 5.74) is 1.43. The molecule has 2 aliphatic carbocycles. The van der Waals surface area contributed by atoms with Gasteiger partial charge < -0.3 is 14.8 Å². The fraction of sp³-hybridized carbons (Fsp3) is 0.667. The lowest BCUT2D eigenvalue weighted by molar-refractivity contribution is -0.0837. The average Bonchev–Trinajstić information content (AvgIpc) is 3.27. The molecule has 21 heavy (non-hydrogen) atoms. The fourth-order valence-corrected chi connectivity index (χ4v) is 3.15. The molecule has 0 heterocycles. The Balaban J connectivity index is 1.67. The van der Waals surface area contributed by atoms with Gasteiger partial charge in [-0.2, -0.15) is 0 Å². The summed E-state index contributed by atoms with van der Waals surface area (Å²) >= 11 is 0. The first-order chi connectivity index (χ1) is 10.2. The molecule has 1 atom stereocenters. The molecule has 1 aromatic rings. The highest BCUT2D eigenvalue weighted by molar-refractivity contribution is 5.30. The molecular weight excluding hydrogens is 262 g/mol. The van der Waals surface area contributed by atoms with E-state index in [1.807, 2.05) is 7.11 Å². The van der Waals surface area contributed by atoms with E-state index in [0.29, 0.717) is 12.1 Å². The predicted molar refractivity (Wildman–Crippen MR) is 84.7 cm³/mol. The molecule has 0 bridgehead atoms. The molecule has 3 nitrogen and oxygen atoms in total. The van der Waals surface area contributed by atoms with E-state index < -0.39 is 0 Å². The molecular formula is C18H27NO2. The van der Waals surface area contributed by atoms with Gasteiger partial charge in [0, 0.05) is 13.2 Å². The molecule has 0 aromatic heterocycles. The van der Waals surface area contributed by atoms with Crippen molar-refractivity contribution in [2.45, 2.75) is 63.2 Å². The van der Waals surface area contributed by atoms with Crippen LogP contribution in [0, 0.1) is 0 Å². The molecule has 0 radical (unpaired) electrons. The van der Waals surface area contributed by atoms with E-state index >= 15 is 0 Å². The van der Waals surface area contributed by atoms with Gasteiger partial charge in [-0.1, -0.05) is 19.1 Å². The Hall–Kier alpha value is -1.06. The monoisotopic (exact) mass is 289 g/mol. The lowest BCUT2D eigenvalue weighted by Crippen LogP contribution is -2.42. The highest BCUT2D eigenvalue weighted by Crippen LogP contribution is 2.42. The Kier molecular flexibility index (Phi) is 4.51. The molecule has 3 rings (SSSR count). The van der Waals surface area contributed by atoms with Gasteiger partial charge in [0.1, 0.15) is 5.75 Å². The second kappa shape index (κ2) is 6.37. The molecule has 1 unspecified atom stereocenters. The van der Waals surface area contributed by atoms with Gasteiger partial charge in [0.05, 0.1) is 11.7 Å². The van der Waals surface area contributed by atoms with Crippen LogP contribution in [-0.2, 0) is 4.74 Å². The van der Waals surface area contributed by atoms with Gasteiger partial charge in [0.25, 0.3) is 0 Å². The Morgan fingerprint density at radius 1 is 1.24 bits per heavy atom. The van der Waals surface area contributed by atoms with Crippen molar-refractivity contribution in [1.82, 2.24) is 5.32 Å². The van der Waals surface area contributed by atoms with E-state index in [9.17, 15) is 0 Å². The Bertz CT molecular complexity index is 443. The van der Waals surface area contributed by atoms with Crippen molar-refractivity contribution in [3.05, 3.63) is 29.8 Å². The maximum Gasteiger partial charge on any atom is 0.119 e. The van der Waals surface area contributed by atoms with Crippen molar-refractivity contribution in [2.75, 3.05) is 13.7 Å². The topological polar surface area (TPSA) is 30.5 Å². The van der Waals surface area contributed by atoms with Crippen molar-refractivity contribution in [3.63, 3.8) is 0 Å². The van der Waals surface area contributed by atoms with Crippen molar-refractivity contribution < 1.29 is 9.47 Å². The van der Waals surface area contributed by atoms with Gasteiger partial charge in [-0.25, -0.2) is 0 Å². The minimum atomic E-state index is 0.0933. The van der Waals surface area contributed by atoms with Gasteiger partial charge in [0.15, 0.2) is 0 Å². The summed E-state index contributed by atoms with van der Waals surface area (Å²) < 4.78 is 11.6. The quantitative estimate of drug-likeness (QED) is 0.789. The minimum Gasteiger partial charge on any atom is -0.490 e. The highest BCUT2D eigenvalue weighted by atomic mass is 16.5. The molecule has 2 aliphatic rings. The summed E-state index contributed by atoms with van der Waals surface area (Å²) in [7, 11) is 1.86. The smallest absolute Gasteiger partial charge is 0.119 e. The number of rotatable bonds is 8. The summed E-state index contributed by atoms with van der Waals surface area (Å²) in [5.74, 6) is 1.00. The fourth-order valence-electron chi connectivity index (χ4n) is 3.15. The molecule has 116 valence electrons. The van der Waals surface area contributed by atoms with E-state index in [4.69, 9.17) is 9.47 Å². The van der Waals surface area contributed by atoms with E-state index in [1.165, 1.54) is 37.7 Å². The van der Waals surface area contributed by atoms with E-state index in [-0.39, 0.29) is 5.60 Å². The number of ether oxygens (including phenoxy) is 2. The minimum absolute atomic E-state index is 0.0933. The van der Waals surface area contributed by atoms with Gasteiger partial charge in [0.2, 0.25) is 0 Å². The van der Waals surface area contributed by atoms with E-state index in [1.54, 1.807) is 0 Å². The molecule has 0 spiro atoms. The third-order valence-corrected chi connectivity index (χ3v) is 4.83. The normalized spacial score (nSPS) is 21.6. The third kappa shape index (κ3) is 3.58. The van der Waals surface area contributed by atoms with Crippen LogP contribution in [0.15, 0.2) is 24.3 Å². The van der Waals surface area contributed by atoms with Crippen LogP contribution >= 0.6 is 0 Å². The van der Waals surface area contributed by atoms with Gasteiger partial charge in [-0.3, -0.25) is 0 Å². The zero-order chi connectivity index (χ0) is 14.7. The molecule has 2 saturated carbocycles. The van der Waals surface area contributed by atoms with Crippen LogP contribution in [0.25, 0.3) is 0 Å². The predicted octanol–water partition coefficient (Wildman–Crippen LogP) is 3.84. The number of hydrogen-bond acceptors (Lipinski definition) is 3. The zero-order valence-electron chi connectivity index (χ0n) is 13.2. The third-order valence-electron chi connectivity index (χ3n) is 4.83. The SMILES string of the molecule is CCNC(CC1(OC)CCC1)c1ccc(OC2CC2)cc1. The Labute approximate surface area is 128 Å². The van der Waals surface area contributed by atoms with Crippen LogP contribution in [0.4, 0.5) is 0 Å². The first-order valence-electron chi connectivity index (χ1n) is 8.30. The van der Waals surface area contributed by atoms with Crippen molar-refractivity contribution in [3.8, 4) is 5.75 Å². The van der Waals surface area contributed by atoms with Crippen molar-refractivity contribution >= 4 is 0 Å².